The summed E-state index contributed by atoms with van der Waals surface area (Å²) in [4.78, 5) is 3.60. The maximum absolute atomic E-state index is 5.69. The largest absolute Gasteiger partial charge is 0.270 e. The third-order valence-electron chi connectivity index (χ3n) is 3.65. The Morgan fingerprint density at radius 2 is 0.750 bits per heavy atom. The highest BCUT2D eigenvalue weighted by Gasteiger charge is 2.09. The van der Waals surface area contributed by atoms with Crippen LogP contribution in [-0.4, -0.2) is 0 Å². The summed E-state index contributed by atoms with van der Waals surface area (Å²) in [5, 5.41) is 0. The molecule has 0 aliphatic carbocycles. The van der Waals surface area contributed by atoms with Crippen molar-refractivity contribution in [3.05, 3.63) is 84.9 Å². The molecule has 3 aromatic rings. The zero-order valence-electron chi connectivity index (χ0n) is 13.1. The van der Waals surface area contributed by atoms with Crippen LogP contribution in [0.2, 0.25) is 0 Å². The Kier molecular flexibility index (Phi) is 4.52. The number of rotatable bonds is 4. The van der Waals surface area contributed by atoms with E-state index in [1.807, 2.05) is 84.9 Å². The second-order valence-electron chi connectivity index (χ2n) is 5.12. The number of anilines is 4. The third-order valence-corrected chi connectivity index (χ3v) is 3.65. The predicted molar refractivity (Wildman–Crippen MR) is 101 cm³/mol. The van der Waals surface area contributed by atoms with Crippen LogP contribution in [-0.2, 0) is 0 Å². The van der Waals surface area contributed by atoms with E-state index < -0.39 is 0 Å². The fraction of sp³-hybridized carbons (Fsp3) is 0. The quantitative estimate of drug-likeness (QED) is 0.486. The maximum Gasteiger partial charge on any atom is 0.0547 e. The molecule has 0 unspecified atom stereocenters. The van der Waals surface area contributed by atoms with Crippen LogP contribution in [0.4, 0.5) is 22.7 Å². The number of nitrogens with zero attached hydrogens (tertiary/aromatic N) is 2. The van der Waals surface area contributed by atoms with Crippen LogP contribution in [0.1, 0.15) is 0 Å². The molecule has 0 aromatic heterocycles. The normalized spacial score (nSPS) is 9.58. The van der Waals surface area contributed by atoms with Crippen molar-refractivity contribution in [3.8, 4) is 24.9 Å². The lowest BCUT2D eigenvalue weighted by Gasteiger charge is -2.21. The van der Waals surface area contributed by atoms with E-state index in [0.717, 1.165) is 22.7 Å². The number of hydrogen-bond donors (Lipinski definition) is 0. The molecule has 0 aliphatic heterocycles. The van der Waals surface area contributed by atoms with E-state index >= 15 is 0 Å². The molecule has 0 saturated carbocycles. The summed E-state index contributed by atoms with van der Waals surface area (Å²) in [6.07, 6.45) is 11.4. The molecule has 3 rings (SSSR count). The Balaban J connectivity index is 1.91. The van der Waals surface area contributed by atoms with E-state index in [-0.39, 0.29) is 0 Å². The molecule has 0 atom stereocenters. The molecule has 0 radical (unpaired) electrons. The molecule has 0 bridgehead atoms. The predicted octanol–water partition coefficient (Wildman–Crippen LogP) is 5.14. The van der Waals surface area contributed by atoms with Crippen molar-refractivity contribution in [1.29, 1.82) is 0 Å². The first-order chi connectivity index (χ1) is 11.8. The van der Waals surface area contributed by atoms with E-state index in [2.05, 4.69) is 12.1 Å². The molecule has 0 spiro atoms. The molecule has 0 amide bonds. The zero-order valence-corrected chi connectivity index (χ0v) is 13.1. The first-order valence-corrected chi connectivity index (χ1v) is 7.56. The van der Waals surface area contributed by atoms with E-state index in [9.17, 15) is 0 Å². The molecule has 0 saturated heterocycles. The van der Waals surface area contributed by atoms with Crippen molar-refractivity contribution in [2.24, 2.45) is 0 Å². The Bertz CT molecular complexity index is 793. The van der Waals surface area contributed by atoms with Crippen molar-refractivity contribution >= 4 is 22.7 Å². The van der Waals surface area contributed by atoms with Gasteiger partial charge in [-0.3, -0.25) is 9.80 Å². The van der Waals surface area contributed by atoms with Gasteiger partial charge in [-0.15, -0.1) is 0 Å². The van der Waals surface area contributed by atoms with Gasteiger partial charge in [-0.1, -0.05) is 49.2 Å². The smallest absolute Gasteiger partial charge is 0.0547 e. The van der Waals surface area contributed by atoms with Crippen LogP contribution in [0.25, 0.3) is 0 Å². The number of para-hydroxylation sites is 2. The fourth-order valence-corrected chi connectivity index (χ4v) is 2.50. The van der Waals surface area contributed by atoms with Crippen molar-refractivity contribution in [3.63, 3.8) is 0 Å². The lowest BCUT2D eigenvalue weighted by atomic mass is 10.2. The van der Waals surface area contributed by atoms with Crippen LogP contribution in [0.3, 0.4) is 0 Å². The first-order valence-electron chi connectivity index (χ1n) is 7.56. The van der Waals surface area contributed by atoms with Crippen LogP contribution in [0.5, 0.6) is 0 Å². The highest BCUT2D eigenvalue weighted by Crippen LogP contribution is 2.29. The van der Waals surface area contributed by atoms with Gasteiger partial charge < -0.3 is 0 Å². The van der Waals surface area contributed by atoms with Gasteiger partial charge in [0.25, 0.3) is 0 Å². The molecule has 0 heterocycles. The van der Waals surface area contributed by atoms with Gasteiger partial charge in [0.15, 0.2) is 0 Å². The van der Waals surface area contributed by atoms with Gasteiger partial charge in [-0.05, 0) is 48.5 Å². The van der Waals surface area contributed by atoms with Crippen molar-refractivity contribution in [2.75, 3.05) is 9.80 Å². The summed E-state index contributed by atoms with van der Waals surface area (Å²) < 4.78 is 0. The lowest BCUT2D eigenvalue weighted by molar-refractivity contribution is 1.30. The molecule has 3 aromatic carbocycles. The minimum atomic E-state index is 0.914. The second-order valence-corrected chi connectivity index (χ2v) is 5.12. The number of benzene rings is 3. The SMILES string of the molecule is C#CN(c1ccccc1)c1ccc(N(C#C)c2ccccc2)cc1. The third kappa shape index (κ3) is 3.09. The van der Waals surface area contributed by atoms with Gasteiger partial charge in [-0.25, -0.2) is 0 Å². The molecule has 0 fully saturated rings. The summed E-state index contributed by atoms with van der Waals surface area (Å²) in [5.41, 5.74) is 3.73. The number of hydrogen-bond acceptors (Lipinski definition) is 2. The Morgan fingerprint density at radius 1 is 0.458 bits per heavy atom. The molecular weight excluding hydrogens is 292 g/mol. The van der Waals surface area contributed by atoms with E-state index in [4.69, 9.17) is 12.8 Å². The molecular formula is C22H16N2. The summed E-state index contributed by atoms with van der Waals surface area (Å²) in [6.45, 7) is 0. The van der Waals surface area contributed by atoms with Gasteiger partial charge in [0.05, 0.1) is 22.7 Å². The molecule has 2 heteroatoms. The highest BCUT2D eigenvalue weighted by molar-refractivity contribution is 5.73. The minimum absolute atomic E-state index is 0.914. The first kappa shape index (κ1) is 15.3. The summed E-state index contributed by atoms with van der Waals surface area (Å²) in [7, 11) is 0. The average Bonchev–Trinajstić information content (AvgIpc) is 2.66. The molecule has 114 valence electrons. The Morgan fingerprint density at radius 3 is 1.04 bits per heavy atom. The van der Waals surface area contributed by atoms with E-state index in [1.165, 1.54) is 0 Å². The molecule has 24 heavy (non-hydrogen) atoms. The minimum Gasteiger partial charge on any atom is -0.270 e. The van der Waals surface area contributed by atoms with Crippen LogP contribution < -0.4 is 9.80 Å². The summed E-state index contributed by atoms with van der Waals surface area (Å²) in [6, 6.07) is 33.0. The second kappa shape index (κ2) is 7.09. The van der Waals surface area contributed by atoms with Gasteiger partial charge in [0.2, 0.25) is 0 Å². The molecule has 0 aliphatic rings. The Hall–Kier alpha value is -3.62. The topological polar surface area (TPSA) is 6.48 Å². The van der Waals surface area contributed by atoms with Gasteiger partial charge in [-0.2, -0.15) is 0 Å². The standard InChI is InChI=1S/C22H16N2/c1-3-23(19-11-7-5-8-12-19)21-15-17-22(18-16-21)24(4-2)20-13-9-6-10-14-20/h1-2,5-18H. The van der Waals surface area contributed by atoms with E-state index in [1.54, 1.807) is 9.80 Å². The van der Waals surface area contributed by atoms with Gasteiger partial charge >= 0.3 is 0 Å². The van der Waals surface area contributed by atoms with Crippen molar-refractivity contribution in [1.82, 2.24) is 0 Å². The average molecular weight is 308 g/mol. The fourth-order valence-electron chi connectivity index (χ4n) is 2.50. The van der Waals surface area contributed by atoms with Crippen LogP contribution in [0, 0.1) is 24.9 Å². The summed E-state index contributed by atoms with van der Waals surface area (Å²) in [5.74, 6) is 0. The summed E-state index contributed by atoms with van der Waals surface area (Å²) >= 11 is 0. The zero-order chi connectivity index (χ0) is 16.8. The van der Waals surface area contributed by atoms with Gasteiger partial charge in [0.1, 0.15) is 0 Å². The van der Waals surface area contributed by atoms with E-state index in [0.29, 0.717) is 0 Å². The Labute approximate surface area is 143 Å². The number of terminal acetylenes is 2. The van der Waals surface area contributed by atoms with Gasteiger partial charge in [0, 0.05) is 12.1 Å². The van der Waals surface area contributed by atoms with Crippen molar-refractivity contribution in [2.45, 2.75) is 0 Å². The van der Waals surface area contributed by atoms with Crippen molar-refractivity contribution < 1.29 is 0 Å². The lowest BCUT2D eigenvalue weighted by Crippen LogP contribution is -2.10. The molecule has 2 nitrogen and oxygen atoms in total. The molecule has 0 N–H and O–H groups in total. The monoisotopic (exact) mass is 308 g/mol. The maximum atomic E-state index is 5.69. The van der Waals surface area contributed by atoms with Crippen LogP contribution in [0.15, 0.2) is 84.9 Å². The van der Waals surface area contributed by atoms with Crippen LogP contribution >= 0.6 is 0 Å². The highest BCUT2D eigenvalue weighted by atomic mass is 15.1.